The van der Waals surface area contributed by atoms with Gasteiger partial charge in [-0.3, -0.25) is 4.79 Å². The summed E-state index contributed by atoms with van der Waals surface area (Å²) in [6.07, 6.45) is 0. The topological polar surface area (TPSA) is 58.6 Å². The second-order valence-electron chi connectivity index (χ2n) is 2.43. The summed E-state index contributed by atoms with van der Waals surface area (Å²) in [5.41, 5.74) is 0. The maximum Gasteiger partial charge on any atom is 0.325 e. The fourth-order valence-corrected chi connectivity index (χ4v) is 0.811. The molecule has 13 heavy (non-hydrogen) atoms. The Morgan fingerprint density at radius 3 is 2.38 bits per heavy atom. The summed E-state index contributed by atoms with van der Waals surface area (Å²) >= 11 is 0. The number of nitrogens with zero attached hydrogens (tertiary/aromatic N) is 1. The van der Waals surface area contributed by atoms with Crippen LogP contribution in [0.4, 0.5) is 4.79 Å². The van der Waals surface area contributed by atoms with Gasteiger partial charge in [0.15, 0.2) is 0 Å². The van der Waals surface area contributed by atoms with Crippen molar-refractivity contribution in [2.75, 3.05) is 26.7 Å². The Hall–Kier alpha value is -1.26. The lowest BCUT2D eigenvalue weighted by atomic mass is 10.5. The first kappa shape index (κ1) is 11.7. The number of urea groups is 1. The SMILES string of the molecule is CCNC(=O)N(CC)CC(=O)OC. The van der Waals surface area contributed by atoms with Crippen LogP contribution in [0.25, 0.3) is 0 Å². The minimum Gasteiger partial charge on any atom is -0.468 e. The highest BCUT2D eigenvalue weighted by atomic mass is 16.5. The van der Waals surface area contributed by atoms with Crippen LogP contribution in [0.5, 0.6) is 0 Å². The van der Waals surface area contributed by atoms with E-state index in [2.05, 4.69) is 10.1 Å². The smallest absolute Gasteiger partial charge is 0.325 e. The highest BCUT2D eigenvalue weighted by molar-refractivity contribution is 5.80. The molecule has 0 fully saturated rings. The zero-order valence-corrected chi connectivity index (χ0v) is 8.29. The summed E-state index contributed by atoms with van der Waals surface area (Å²) in [6, 6.07) is -0.240. The van der Waals surface area contributed by atoms with Crippen LogP contribution < -0.4 is 5.32 Å². The van der Waals surface area contributed by atoms with E-state index in [1.807, 2.05) is 6.92 Å². The van der Waals surface area contributed by atoms with Crippen LogP contribution in [0, 0.1) is 0 Å². The van der Waals surface area contributed by atoms with Crippen LogP contribution in [0.2, 0.25) is 0 Å². The largest absolute Gasteiger partial charge is 0.468 e. The zero-order chi connectivity index (χ0) is 10.3. The highest BCUT2D eigenvalue weighted by Crippen LogP contribution is 1.90. The molecule has 5 nitrogen and oxygen atoms in total. The Morgan fingerprint density at radius 1 is 1.38 bits per heavy atom. The van der Waals surface area contributed by atoms with Crippen molar-refractivity contribution in [3.05, 3.63) is 0 Å². The van der Waals surface area contributed by atoms with Gasteiger partial charge in [-0.15, -0.1) is 0 Å². The third kappa shape index (κ3) is 4.35. The molecule has 1 N–H and O–H groups in total. The van der Waals surface area contributed by atoms with Gasteiger partial charge in [-0.05, 0) is 13.8 Å². The number of rotatable bonds is 4. The van der Waals surface area contributed by atoms with Crippen LogP contribution >= 0.6 is 0 Å². The number of carbonyl (C=O) groups is 2. The van der Waals surface area contributed by atoms with Crippen molar-refractivity contribution in [1.29, 1.82) is 0 Å². The predicted molar refractivity (Wildman–Crippen MR) is 48.3 cm³/mol. The molecule has 76 valence electrons. The normalized spacial score (nSPS) is 9.15. The lowest BCUT2D eigenvalue weighted by Crippen LogP contribution is -2.42. The van der Waals surface area contributed by atoms with E-state index in [0.717, 1.165) is 0 Å². The first-order chi connectivity index (χ1) is 6.15. The molecule has 0 aliphatic rings. The average molecular weight is 188 g/mol. The van der Waals surface area contributed by atoms with Crippen molar-refractivity contribution < 1.29 is 14.3 Å². The zero-order valence-electron chi connectivity index (χ0n) is 8.29. The number of hydrogen-bond donors (Lipinski definition) is 1. The number of carbonyl (C=O) groups excluding carboxylic acids is 2. The van der Waals surface area contributed by atoms with Crippen molar-refractivity contribution in [3.63, 3.8) is 0 Å². The number of ether oxygens (including phenoxy) is 1. The summed E-state index contributed by atoms with van der Waals surface area (Å²) in [6.45, 7) is 4.67. The summed E-state index contributed by atoms with van der Waals surface area (Å²) in [5.74, 6) is -0.409. The molecule has 0 rings (SSSR count). The lowest BCUT2D eigenvalue weighted by Gasteiger charge is -2.19. The van der Waals surface area contributed by atoms with Crippen molar-refractivity contribution in [1.82, 2.24) is 10.2 Å². The highest BCUT2D eigenvalue weighted by Gasteiger charge is 2.14. The second kappa shape index (κ2) is 6.28. The molecule has 0 aromatic rings. The van der Waals surface area contributed by atoms with Gasteiger partial charge in [-0.2, -0.15) is 0 Å². The Balaban J connectivity index is 4.01. The van der Waals surface area contributed by atoms with Crippen LogP contribution in [0.1, 0.15) is 13.8 Å². The molecule has 0 spiro atoms. The quantitative estimate of drug-likeness (QED) is 0.642. The van der Waals surface area contributed by atoms with Gasteiger partial charge in [0.25, 0.3) is 0 Å². The Kier molecular flexibility index (Phi) is 5.67. The van der Waals surface area contributed by atoms with E-state index in [-0.39, 0.29) is 12.6 Å². The second-order valence-corrected chi connectivity index (χ2v) is 2.43. The van der Waals surface area contributed by atoms with Gasteiger partial charge in [0.05, 0.1) is 7.11 Å². The summed E-state index contributed by atoms with van der Waals surface area (Å²) in [5, 5.41) is 2.61. The van der Waals surface area contributed by atoms with E-state index in [9.17, 15) is 9.59 Å². The van der Waals surface area contributed by atoms with Gasteiger partial charge in [-0.1, -0.05) is 0 Å². The molecule has 2 amide bonds. The first-order valence-electron chi connectivity index (χ1n) is 4.25. The molecule has 0 aromatic heterocycles. The molecule has 0 atom stereocenters. The Labute approximate surface area is 78.0 Å². The third-order valence-electron chi connectivity index (χ3n) is 1.54. The maximum atomic E-state index is 11.2. The molecule has 0 heterocycles. The lowest BCUT2D eigenvalue weighted by molar-refractivity contribution is -0.141. The van der Waals surface area contributed by atoms with Gasteiger partial charge < -0.3 is 15.0 Å². The maximum absolute atomic E-state index is 11.2. The molecular weight excluding hydrogens is 172 g/mol. The van der Waals surface area contributed by atoms with Crippen molar-refractivity contribution in [2.45, 2.75) is 13.8 Å². The summed E-state index contributed by atoms with van der Waals surface area (Å²) in [7, 11) is 1.30. The minimum absolute atomic E-state index is 0.00116. The fourth-order valence-electron chi connectivity index (χ4n) is 0.811. The molecular formula is C8H16N2O3. The number of methoxy groups -OCH3 is 1. The Bertz CT molecular complexity index is 182. The predicted octanol–water partition coefficient (Wildman–Crippen LogP) is 0.211. The number of nitrogens with one attached hydrogen (secondary N) is 1. The molecule has 0 aliphatic carbocycles. The van der Waals surface area contributed by atoms with E-state index in [1.54, 1.807) is 6.92 Å². The molecule has 0 aromatic carbocycles. The van der Waals surface area contributed by atoms with E-state index in [0.29, 0.717) is 13.1 Å². The van der Waals surface area contributed by atoms with Gasteiger partial charge in [0.2, 0.25) is 0 Å². The fraction of sp³-hybridized carbons (Fsp3) is 0.750. The molecule has 0 bridgehead atoms. The van der Waals surface area contributed by atoms with Gasteiger partial charge >= 0.3 is 12.0 Å². The monoisotopic (exact) mass is 188 g/mol. The minimum atomic E-state index is -0.409. The number of likely N-dealkylation sites (N-methyl/N-ethyl adjacent to an activating group) is 1. The van der Waals surface area contributed by atoms with Crippen molar-refractivity contribution >= 4 is 12.0 Å². The number of esters is 1. The summed E-state index contributed by atoms with van der Waals surface area (Å²) < 4.78 is 4.45. The Morgan fingerprint density at radius 2 is 2.00 bits per heavy atom. The molecule has 0 unspecified atom stereocenters. The van der Waals surface area contributed by atoms with Gasteiger partial charge in [0.1, 0.15) is 6.54 Å². The molecule has 0 saturated heterocycles. The van der Waals surface area contributed by atoms with Crippen LogP contribution in [0.3, 0.4) is 0 Å². The standard InChI is InChI=1S/C8H16N2O3/c1-4-9-8(12)10(5-2)6-7(11)13-3/h4-6H2,1-3H3,(H,9,12). The van der Waals surface area contributed by atoms with Crippen LogP contribution in [-0.2, 0) is 9.53 Å². The van der Waals surface area contributed by atoms with E-state index in [1.165, 1.54) is 12.0 Å². The number of hydrogen-bond acceptors (Lipinski definition) is 3. The van der Waals surface area contributed by atoms with Crippen molar-refractivity contribution in [3.8, 4) is 0 Å². The van der Waals surface area contributed by atoms with Gasteiger partial charge in [0, 0.05) is 13.1 Å². The van der Waals surface area contributed by atoms with E-state index >= 15 is 0 Å². The number of amides is 2. The van der Waals surface area contributed by atoms with Crippen molar-refractivity contribution in [2.24, 2.45) is 0 Å². The molecule has 5 heteroatoms. The molecule has 0 radical (unpaired) electrons. The first-order valence-corrected chi connectivity index (χ1v) is 4.25. The third-order valence-corrected chi connectivity index (χ3v) is 1.54. The van der Waals surface area contributed by atoms with E-state index in [4.69, 9.17) is 0 Å². The average Bonchev–Trinajstić information content (AvgIpc) is 2.14. The molecule has 0 saturated carbocycles. The van der Waals surface area contributed by atoms with Gasteiger partial charge in [-0.25, -0.2) is 4.79 Å². The van der Waals surface area contributed by atoms with E-state index < -0.39 is 5.97 Å². The van der Waals surface area contributed by atoms with Crippen LogP contribution in [-0.4, -0.2) is 43.6 Å². The van der Waals surface area contributed by atoms with Crippen LogP contribution in [0.15, 0.2) is 0 Å². The summed E-state index contributed by atoms with van der Waals surface area (Å²) in [4.78, 5) is 23.5. The molecule has 0 aliphatic heterocycles.